The topological polar surface area (TPSA) is 99.7 Å². The van der Waals surface area contributed by atoms with Crippen molar-refractivity contribution < 1.29 is 23.7 Å². The summed E-state index contributed by atoms with van der Waals surface area (Å²) in [5.74, 6) is 1.19. The Labute approximate surface area is 171 Å². The average Bonchev–Trinajstić information content (AvgIpc) is 2.99. The highest BCUT2D eigenvalue weighted by atomic mass is 32.1. The third-order valence-electron chi connectivity index (χ3n) is 4.53. The van der Waals surface area contributed by atoms with Gasteiger partial charge in [-0.3, -0.25) is 9.59 Å². The quantitative estimate of drug-likeness (QED) is 0.589. The number of aromatic nitrogens is 2. The molecule has 9 heteroatoms. The molecule has 0 bridgehead atoms. The Morgan fingerprint density at radius 1 is 1.10 bits per heavy atom. The van der Waals surface area contributed by atoms with E-state index in [0.29, 0.717) is 38.9 Å². The van der Waals surface area contributed by atoms with Gasteiger partial charge in [0.25, 0.3) is 5.56 Å². The highest BCUT2D eigenvalue weighted by Crippen LogP contribution is 2.38. The number of ether oxygens (including phenoxy) is 4. The number of methoxy groups -OCH3 is 3. The summed E-state index contributed by atoms with van der Waals surface area (Å²) >= 11 is 1.44. The number of rotatable bonds is 7. The summed E-state index contributed by atoms with van der Waals surface area (Å²) in [6, 6.07) is 3.37. The van der Waals surface area contributed by atoms with E-state index in [1.165, 1.54) is 32.7 Å². The summed E-state index contributed by atoms with van der Waals surface area (Å²) in [7, 11) is 4.52. The maximum absolute atomic E-state index is 12.3. The predicted octanol–water partition coefficient (Wildman–Crippen LogP) is 2.91. The number of fused-ring (bicyclic) bond motifs is 1. The zero-order valence-electron chi connectivity index (χ0n) is 16.9. The third kappa shape index (κ3) is 4.19. The summed E-state index contributed by atoms with van der Waals surface area (Å²) < 4.78 is 21.1. The number of hydrogen-bond donors (Lipinski definition) is 1. The smallest absolute Gasteiger partial charge is 0.310 e. The SMILES string of the molecule is COc1cc(CC(=O)OCc2nc3sc(C)c(C)c3c(=O)[nH]2)cc(OC)c1OC. The number of esters is 1. The van der Waals surface area contributed by atoms with Crippen LogP contribution >= 0.6 is 11.3 Å². The van der Waals surface area contributed by atoms with E-state index in [2.05, 4.69) is 9.97 Å². The van der Waals surface area contributed by atoms with Crippen LogP contribution in [0, 0.1) is 13.8 Å². The second-order valence-electron chi connectivity index (χ2n) is 6.35. The number of carbonyl (C=O) groups is 1. The lowest BCUT2D eigenvalue weighted by Crippen LogP contribution is -2.15. The van der Waals surface area contributed by atoms with Crippen molar-refractivity contribution in [1.29, 1.82) is 0 Å². The minimum absolute atomic E-state index is 0.000406. The number of thiophene rings is 1. The van der Waals surface area contributed by atoms with Crippen LogP contribution in [-0.2, 0) is 22.6 Å². The molecule has 1 aromatic carbocycles. The molecule has 1 N–H and O–H groups in total. The van der Waals surface area contributed by atoms with Gasteiger partial charge >= 0.3 is 5.97 Å². The minimum Gasteiger partial charge on any atom is -0.493 e. The number of nitrogens with zero attached hydrogens (tertiary/aromatic N) is 1. The van der Waals surface area contributed by atoms with Gasteiger partial charge in [-0.1, -0.05) is 0 Å². The number of H-pyrrole nitrogens is 1. The van der Waals surface area contributed by atoms with Crippen molar-refractivity contribution in [3.8, 4) is 17.2 Å². The van der Waals surface area contributed by atoms with E-state index in [9.17, 15) is 9.59 Å². The minimum atomic E-state index is -0.472. The van der Waals surface area contributed by atoms with Crippen LogP contribution in [-0.4, -0.2) is 37.3 Å². The monoisotopic (exact) mass is 418 g/mol. The third-order valence-corrected chi connectivity index (χ3v) is 5.63. The summed E-state index contributed by atoms with van der Waals surface area (Å²) in [4.78, 5) is 33.4. The predicted molar refractivity (Wildman–Crippen MR) is 109 cm³/mol. The molecule has 0 unspecified atom stereocenters. The van der Waals surface area contributed by atoms with Crippen LogP contribution in [0.1, 0.15) is 21.8 Å². The molecule has 3 rings (SSSR count). The first-order valence-corrected chi connectivity index (χ1v) is 9.63. The Morgan fingerprint density at radius 2 is 1.76 bits per heavy atom. The molecule has 0 aliphatic rings. The lowest BCUT2D eigenvalue weighted by Gasteiger charge is -2.14. The van der Waals surface area contributed by atoms with E-state index in [4.69, 9.17) is 18.9 Å². The Balaban J connectivity index is 1.73. The van der Waals surface area contributed by atoms with Gasteiger partial charge in [0.2, 0.25) is 5.75 Å². The van der Waals surface area contributed by atoms with E-state index < -0.39 is 5.97 Å². The second-order valence-corrected chi connectivity index (χ2v) is 7.55. The van der Waals surface area contributed by atoms with Crippen LogP contribution in [0.3, 0.4) is 0 Å². The molecule has 0 amide bonds. The summed E-state index contributed by atoms with van der Waals surface area (Å²) in [5.41, 5.74) is 1.34. The van der Waals surface area contributed by atoms with E-state index in [-0.39, 0.29) is 18.6 Å². The molecular weight excluding hydrogens is 396 g/mol. The van der Waals surface area contributed by atoms with E-state index in [1.807, 2.05) is 13.8 Å². The number of aromatic amines is 1. The zero-order chi connectivity index (χ0) is 21.1. The maximum atomic E-state index is 12.3. The van der Waals surface area contributed by atoms with Crippen molar-refractivity contribution in [2.45, 2.75) is 26.9 Å². The molecule has 8 nitrogen and oxygen atoms in total. The van der Waals surface area contributed by atoms with Crippen molar-refractivity contribution in [1.82, 2.24) is 9.97 Å². The molecule has 0 radical (unpaired) electrons. The van der Waals surface area contributed by atoms with Gasteiger partial charge in [0.1, 0.15) is 17.3 Å². The van der Waals surface area contributed by atoms with Crippen LogP contribution in [0.25, 0.3) is 10.2 Å². The van der Waals surface area contributed by atoms with Gasteiger partial charge in [-0.2, -0.15) is 0 Å². The molecule has 0 saturated carbocycles. The number of nitrogens with one attached hydrogen (secondary N) is 1. The summed E-state index contributed by atoms with van der Waals surface area (Å²) in [6.07, 6.45) is 0.000406. The molecule has 154 valence electrons. The van der Waals surface area contributed by atoms with Gasteiger partial charge in [0.15, 0.2) is 11.5 Å². The molecular formula is C20H22N2O6S. The molecule has 3 aromatic rings. The van der Waals surface area contributed by atoms with E-state index in [0.717, 1.165) is 10.4 Å². The van der Waals surface area contributed by atoms with Crippen molar-refractivity contribution in [2.75, 3.05) is 21.3 Å². The number of hydrogen-bond acceptors (Lipinski definition) is 8. The van der Waals surface area contributed by atoms with Gasteiger partial charge in [-0.05, 0) is 37.1 Å². The highest BCUT2D eigenvalue weighted by molar-refractivity contribution is 7.18. The highest BCUT2D eigenvalue weighted by Gasteiger charge is 2.16. The number of carbonyl (C=O) groups excluding carboxylic acids is 1. The Hall–Kier alpha value is -3.07. The Kier molecular flexibility index (Phi) is 6.07. The molecule has 2 aromatic heterocycles. The standard InChI is InChI=1S/C20H22N2O6S/c1-10-11(2)29-20-17(10)19(24)21-15(22-20)9-28-16(23)8-12-6-13(25-3)18(27-5)14(7-12)26-4/h6-7H,8-9H2,1-5H3,(H,21,22,24). The molecule has 0 spiro atoms. The molecule has 0 atom stereocenters. The molecule has 2 heterocycles. The van der Waals surface area contributed by atoms with Crippen LogP contribution in [0.2, 0.25) is 0 Å². The fourth-order valence-corrected chi connectivity index (χ4v) is 4.02. The van der Waals surface area contributed by atoms with Crippen molar-refractivity contribution in [3.63, 3.8) is 0 Å². The van der Waals surface area contributed by atoms with Gasteiger partial charge in [0.05, 0.1) is 33.1 Å². The molecule has 29 heavy (non-hydrogen) atoms. The first kappa shape index (κ1) is 20.7. The second kappa shape index (κ2) is 8.52. The van der Waals surface area contributed by atoms with Gasteiger partial charge in [-0.15, -0.1) is 11.3 Å². The largest absolute Gasteiger partial charge is 0.493 e. The molecule has 0 fully saturated rings. The zero-order valence-corrected chi connectivity index (χ0v) is 17.7. The van der Waals surface area contributed by atoms with E-state index >= 15 is 0 Å². The van der Waals surface area contributed by atoms with Crippen molar-refractivity contribution in [3.05, 3.63) is 44.3 Å². The molecule has 0 saturated heterocycles. The Morgan fingerprint density at radius 3 is 2.34 bits per heavy atom. The van der Waals surface area contributed by atoms with Crippen LogP contribution in [0.15, 0.2) is 16.9 Å². The lowest BCUT2D eigenvalue weighted by molar-refractivity contribution is -0.144. The van der Waals surface area contributed by atoms with Crippen LogP contribution < -0.4 is 19.8 Å². The number of benzene rings is 1. The summed E-state index contributed by atoms with van der Waals surface area (Å²) in [6.45, 7) is 3.71. The number of aryl methyl sites for hydroxylation is 2. The molecule has 0 aliphatic heterocycles. The maximum Gasteiger partial charge on any atom is 0.310 e. The van der Waals surface area contributed by atoms with E-state index in [1.54, 1.807) is 12.1 Å². The average molecular weight is 418 g/mol. The van der Waals surface area contributed by atoms with Gasteiger partial charge < -0.3 is 23.9 Å². The summed E-state index contributed by atoms with van der Waals surface area (Å²) in [5, 5.41) is 0.583. The van der Waals surface area contributed by atoms with Crippen molar-refractivity contribution >= 4 is 27.5 Å². The van der Waals surface area contributed by atoms with Gasteiger partial charge in [-0.25, -0.2) is 4.98 Å². The first-order valence-electron chi connectivity index (χ1n) is 8.81. The molecule has 0 aliphatic carbocycles. The van der Waals surface area contributed by atoms with Gasteiger partial charge in [0, 0.05) is 4.88 Å². The van der Waals surface area contributed by atoms with Crippen LogP contribution in [0.5, 0.6) is 17.2 Å². The first-order chi connectivity index (χ1) is 13.9. The fraction of sp³-hybridized carbons (Fsp3) is 0.350. The van der Waals surface area contributed by atoms with Crippen molar-refractivity contribution in [2.24, 2.45) is 0 Å². The van der Waals surface area contributed by atoms with Crippen LogP contribution in [0.4, 0.5) is 0 Å². The fourth-order valence-electron chi connectivity index (χ4n) is 2.97. The Bertz CT molecular complexity index is 1090. The lowest BCUT2D eigenvalue weighted by atomic mass is 10.1. The normalized spacial score (nSPS) is 10.8.